The zero-order valence-corrected chi connectivity index (χ0v) is 22.0. The first-order chi connectivity index (χ1) is 18.5. The molecule has 2 amide bonds. The number of nitrogens with zero attached hydrogens (tertiary/aromatic N) is 4. The van der Waals surface area contributed by atoms with E-state index >= 15 is 0 Å². The van der Waals surface area contributed by atoms with Crippen LogP contribution in [0.2, 0.25) is 0 Å². The second-order valence-corrected chi connectivity index (χ2v) is 11.8. The predicted octanol–water partition coefficient (Wildman–Crippen LogP) is 5.37. The second-order valence-electron chi connectivity index (χ2n) is 11.8. The molecule has 2 saturated carbocycles. The average Bonchev–Trinajstić information content (AvgIpc) is 3.39. The highest BCUT2D eigenvalue weighted by atomic mass is 16.2. The number of aromatic nitrogens is 1. The fourth-order valence-electron chi connectivity index (χ4n) is 6.70. The maximum absolute atomic E-state index is 13.9. The fraction of sp³-hybridized carbons (Fsp3) is 0.438. The van der Waals surface area contributed by atoms with Crippen molar-refractivity contribution in [2.45, 2.75) is 57.4 Å². The van der Waals surface area contributed by atoms with E-state index in [0.717, 1.165) is 85.9 Å². The Morgan fingerprint density at radius 1 is 1.00 bits per heavy atom. The standard InChI is InChI=1S/C32H34N4O2/c1-21-16-24(25-6-7-27-18-33-14-10-26(27)17-25)8-9-28(21)29-34-32(12-2-3-13-32)31(38)36(29)20-22-11-15-35(19-22)30(37)23-4-5-23/h6-10,14,16-18,22-23H,2-5,11-13,15,19-20H2,1H3/t22-/m1/s1. The highest BCUT2D eigenvalue weighted by Gasteiger charge is 2.51. The molecule has 0 N–H and O–H groups in total. The minimum Gasteiger partial charge on any atom is -0.342 e. The first kappa shape index (κ1) is 23.6. The molecule has 6 heteroatoms. The molecule has 3 heterocycles. The molecule has 3 aromatic rings. The molecule has 1 saturated heterocycles. The van der Waals surface area contributed by atoms with Crippen LogP contribution in [0.4, 0.5) is 0 Å². The lowest BCUT2D eigenvalue weighted by Gasteiger charge is -2.26. The SMILES string of the molecule is Cc1cc(-c2ccc3cnccc3c2)ccc1C1=NC2(CCCC2)C(=O)N1C[C@@H]1CCN(C(=O)C2CC2)C1. The topological polar surface area (TPSA) is 65.9 Å². The summed E-state index contributed by atoms with van der Waals surface area (Å²) in [6, 6.07) is 15.0. The van der Waals surface area contributed by atoms with Crippen LogP contribution in [0.1, 0.15) is 56.1 Å². The number of carbonyl (C=O) groups excluding carboxylic acids is 2. The van der Waals surface area contributed by atoms with Crippen LogP contribution in [0.3, 0.4) is 0 Å². The highest BCUT2D eigenvalue weighted by Crippen LogP contribution is 2.41. The molecule has 4 aliphatic rings. The van der Waals surface area contributed by atoms with Crippen molar-refractivity contribution in [3.63, 3.8) is 0 Å². The van der Waals surface area contributed by atoms with E-state index in [1.807, 2.05) is 28.3 Å². The smallest absolute Gasteiger partial charge is 0.256 e. The van der Waals surface area contributed by atoms with Gasteiger partial charge >= 0.3 is 0 Å². The minimum atomic E-state index is -0.588. The lowest BCUT2D eigenvalue weighted by molar-refractivity contribution is -0.131. The first-order valence-corrected chi connectivity index (χ1v) is 14.2. The number of benzene rings is 2. The van der Waals surface area contributed by atoms with E-state index in [9.17, 15) is 9.59 Å². The first-order valence-electron chi connectivity index (χ1n) is 14.2. The Morgan fingerprint density at radius 3 is 2.58 bits per heavy atom. The lowest BCUT2D eigenvalue weighted by atomic mass is 9.97. The number of aliphatic imine (C=N–C) groups is 1. The minimum absolute atomic E-state index is 0.170. The molecule has 1 atom stereocenters. The highest BCUT2D eigenvalue weighted by molar-refractivity contribution is 6.16. The summed E-state index contributed by atoms with van der Waals surface area (Å²) in [6.07, 6.45) is 10.5. The van der Waals surface area contributed by atoms with Crippen molar-refractivity contribution in [1.82, 2.24) is 14.8 Å². The molecule has 7 rings (SSSR count). The molecule has 0 radical (unpaired) electrons. The van der Waals surface area contributed by atoms with Gasteiger partial charge in [0.2, 0.25) is 5.91 Å². The van der Waals surface area contributed by atoms with Crippen LogP contribution in [0.15, 0.2) is 59.9 Å². The Balaban J connectivity index is 1.18. The summed E-state index contributed by atoms with van der Waals surface area (Å²) < 4.78 is 0. The molecule has 194 valence electrons. The summed E-state index contributed by atoms with van der Waals surface area (Å²) in [4.78, 5) is 39.9. The summed E-state index contributed by atoms with van der Waals surface area (Å²) in [5, 5.41) is 2.30. The zero-order valence-electron chi connectivity index (χ0n) is 22.0. The summed E-state index contributed by atoms with van der Waals surface area (Å²) in [7, 11) is 0. The maximum Gasteiger partial charge on any atom is 0.256 e. The second kappa shape index (κ2) is 9.04. The normalized spacial score (nSPS) is 22.6. The van der Waals surface area contributed by atoms with Crippen LogP contribution in [-0.4, -0.2) is 57.6 Å². The Bertz CT molecular complexity index is 1470. The number of aryl methyl sites for hydroxylation is 1. The fourth-order valence-corrected chi connectivity index (χ4v) is 6.70. The third kappa shape index (κ3) is 4.01. The third-order valence-corrected chi connectivity index (χ3v) is 9.06. The maximum atomic E-state index is 13.9. The average molecular weight is 507 g/mol. The number of likely N-dealkylation sites (tertiary alicyclic amines) is 1. The van der Waals surface area contributed by atoms with Crippen LogP contribution in [0.5, 0.6) is 0 Å². The summed E-state index contributed by atoms with van der Waals surface area (Å²) >= 11 is 0. The summed E-state index contributed by atoms with van der Waals surface area (Å²) in [6.45, 7) is 4.35. The van der Waals surface area contributed by atoms with Crippen LogP contribution in [0, 0.1) is 18.8 Å². The van der Waals surface area contributed by atoms with Gasteiger partial charge in [0, 0.05) is 48.9 Å². The van der Waals surface area contributed by atoms with Crippen molar-refractivity contribution in [1.29, 1.82) is 0 Å². The van der Waals surface area contributed by atoms with E-state index < -0.39 is 5.54 Å². The number of rotatable bonds is 5. The number of amidine groups is 1. The molecule has 2 aromatic carbocycles. The molecule has 1 aromatic heterocycles. The lowest BCUT2D eigenvalue weighted by Crippen LogP contribution is -2.44. The van der Waals surface area contributed by atoms with Crippen LogP contribution < -0.4 is 0 Å². The van der Waals surface area contributed by atoms with Gasteiger partial charge < -0.3 is 4.90 Å². The van der Waals surface area contributed by atoms with Gasteiger partial charge in [-0.25, -0.2) is 0 Å². The molecule has 3 fully saturated rings. The van der Waals surface area contributed by atoms with Crippen molar-refractivity contribution in [3.05, 3.63) is 66.0 Å². The molecule has 2 aliphatic heterocycles. The van der Waals surface area contributed by atoms with Gasteiger partial charge in [-0.05, 0) is 79.2 Å². The van der Waals surface area contributed by atoms with Gasteiger partial charge in [0.15, 0.2) is 0 Å². The molecule has 0 bridgehead atoms. The van der Waals surface area contributed by atoms with Crippen molar-refractivity contribution in [2.24, 2.45) is 16.8 Å². The molecule has 38 heavy (non-hydrogen) atoms. The van der Waals surface area contributed by atoms with E-state index in [-0.39, 0.29) is 11.8 Å². The predicted molar refractivity (Wildman–Crippen MR) is 149 cm³/mol. The van der Waals surface area contributed by atoms with Gasteiger partial charge in [0.1, 0.15) is 11.4 Å². The van der Waals surface area contributed by atoms with Crippen LogP contribution in [0.25, 0.3) is 21.9 Å². The quantitative estimate of drug-likeness (QED) is 0.467. The monoisotopic (exact) mass is 506 g/mol. The molecular weight excluding hydrogens is 472 g/mol. The van der Waals surface area contributed by atoms with Crippen LogP contribution in [-0.2, 0) is 9.59 Å². The van der Waals surface area contributed by atoms with Crippen molar-refractivity contribution in [2.75, 3.05) is 19.6 Å². The van der Waals surface area contributed by atoms with Gasteiger partial charge in [0.25, 0.3) is 5.91 Å². The van der Waals surface area contributed by atoms with E-state index in [0.29, 0.717) is 18.4 Å². The van der Waals surface area contributed by atoms with Gasteiger partial charge in [0.05, 0.1) is 0 Å². The number of pyridine rings is 1. The summed E-state index contributed by atoms with van der Waals surface area (Å²) in [5.41, 5.74) is 3.90. The molecule has 2 aliphatic carbocycles. The van der Waals surface area contributed by atoms with E-state index in [4.69, 9.17) is 4.99 Å². The summed E-state index contributed by atoms with van der Waals surface area (Å²) in [5.74, 6) is 1.87. The molecule has 1 spiro atoms. The number of hydrogen-bond donors (Lipinski definition) is 0. The molecule has 6 nitrogen and oxygen atoms in total. The van der Waals surface area contributed by atoms with Gasteiger partial charge in [-0.15, -0.1) is 0 Å². The Morgan fingerprint density at radius 2 is 1.79 bits per heavy atom. The zero-order chi connectivity index (χ0) is 25.9. The largest absolute Gasteiger partial charge is 0.342 e. The number of amides is 2. The van der Waals surface area contributed by atoms with E-state index in [1.54, 1.807) is 0 Å². The van der Waals surface area contributed by atoms with Gasteiger partial charge in [-0.1, -0.05) is 43.2 Å². The van der Waals surface area contributed by atoms with Crippen molar-refractivity contribution in [3.8, 4) is 11.1 Å². The number of fused-ring (bicyclic) bond motifs is 1. The number of hydrogen-bond acceptors (Lipinski definition) is 4. The molecule has 0 unspecified atom stereocenters. The van der Waals surface area contributed by atoms with Gasteiger partial charge in [-0.2, -0.15) is 0 Å². The Kier molecular flexibility index (Phi) is 5.60. The van der Waals surface area contributed by atoms with Gasteiger partial charge in [-0.3, -0.25) is 24.5 Å². The van der Waals surface area contributed by atoms with E-state index in [2.05, 4.69) is 48.3 Å². The third-order valence-electron chi connectivity index (χ3n) is 9.06. The van der Waals surface area contributed by atoms with E-state index in [1.165, 1.54) is 10.9 Å². The number of carbonyl (C=O) groups is 2. The van der Waals surface area contributed by atoms with Crippen LogP contribution >= 0.6 is 0 Å². The molecular formula is C32H34N4O2. The Hall–Kier alpha value is -3.54. The Labute approximate surface area is 223 Å². The van der Waals surface area contributed by atoms with Crippen molar-refractivity contribution >= 4 is 28.4 Å². The van der Waals surface area contributed by atoms with Crippen molar-refractivity contribution < 1.29 is 9.59 Å².